The normalized spacial score (nSPS) is 19.1. The van der Waals surface area contributed by atoms with Gasteiger partial charge in [-0.2, -0.15) is 0 Å². The van der Waals surface area contributed by atoms with E-state index in [1.54, 1.807) is 0 Å². The van der Waals surface area contributed by atoms with Crippen LogP contribution in [0.2, 0.25) is 0 Å². The zero-order chi connectivity index (χ0) is 19.8. The van der Waals surface area contributed by atoms with Crippen molar-refractivity contribution in [3.63, 3.8) is 0 Å². The Morgan fingerprint density at radius 1 is 0.857 bits per heavy atom. The van der Waals surface area contributed by atoms with Crippen molar-refractivity contribution in [2.75, 3.05) is 0 Å². The molecule has 142 valence electrons. The summed E-state index contributed by atoms with van der Waals surface area (Å²) in [6.45, 7) is 4.24. The molecule has 0 saturated carbocycles. The fourth-order valence-electron chi connectivity index (χ4n) is 4.00. The maximum atomic E-state index is 11.4. The summed E-state index contributed by atoms with van der Waals surface area (Å²) < 4.78 is 5.04. The van der Waals surface area contributed by atoms with E-state index in [2.05, 4.69) is 103 Å². The van der Waals surface area contributed by atoms with E-state index in [9.17, 15) is 5.11 Å². The van der Waals surface area contributed by atoms with Gasteiger partial charge in [0, 0.05) is 0 Å². The average Bonchev–Trinajstić information content (AvgIpc) is 3.05. The fraction of sp³-hybridized carbons (Fsp3) is 0.200. The molecule has 1 unspecified atom stereocenters. The van der Waals surface area contributed by atoms with E-state index in [0.29, 0.717) is 0 Å². The number of hydrogen-bond acceptors (Lipinski definition) is 1. The van der Waals surface area contributed by atoms with Gasteiger partial charge in [-0.05, 0) is 0 Å². The predicted octanol–water partition coefficient (Wildman–Crippen LogP) is 4.69. The van der Waals surface area contributed by atoms with Gasteiger partial charge in [0.25, 0.3) is 0 Å². The van der Waals surface area contributed by atoms with Gasteiger partial charge in [-0.15, -0.1) is 0 Å². The fourth-order valence-corrected chi connectivity index (χ4v) is 15.6. The Labute approximate surface area is 177 Å². The molecule has 3 aromatic rings. The van der Waals surface area contributed by atoms with E-state index >= 15 is 0 Å². The van der Waals surface area contributed by atoms with E-state index in [0.717, 1.165) is 18.4 Å². The molecule has 0 saturated heterocycles. The Kier molecular flexibility index (Phi) is 5.56. The molecule has 28 heavy (non-hydrogen) atoms. The van der Waals surface area contributed by atoms with Crippen LogP contribution in [0, 0.1) is 13.8 Å². The first-order chi connectivity index (χ1) is 13.4. The molecule has 0 radical (unpaired) electrons. The third kappa shape index (κ3) is 3.74. The van der Waals surface area contributed by atoms with Crippen molar-refractivity contribution in [2.45, 2.75) is 32.3 Å². The van der Waals surface area contributed by atoms with Gasteiger partial charge in [0.1, 0.15) is 0 Å². The van der Waals surface area contributed by atoms with Crippen LogP contribution in [0.5, 0.6) is 0 Å². The van der Waals surface area contributed by atoms with Crippen LogP contribution in [-0.2, 0) is 12.0 Å². The number of hydrogen-bond donors (Lipinski definition) is 1. The van der Waals surface area contributed by atoms with E-state index in [4.69, 9.17) is 0 Å². The molecule has 3 heteroatoms. The topological polar surface area (TPSA) is 20.2 Å². The molecule has 3 aromatic carbocycles. The number of halogens is 1. The van der Waals surface area contributed by atoms with Gasteiger partial charge in [0.2, 0.25) is 0 Å². The van der Waals surface area contributed by atoms with Crippen LogP contribution in [0.4, 0.5) is 0 Å². The van der Waals surface area contributed by atoms with Gasteiger partial charge in [-0.25, -0.2) is 0 Å². The van der Waals surface area contributed by atoms with Gasteiger partial charge < -0.3 is 0 Å². The molecular weight excluding hydrogens is 515 g/mol. The molecule has 1 nitrogen and oxygen atoms in total. The van der Waals surface area contributed by atoms with Crippen molar-refractivity contribution in [3.05, 3.63) is 105 Å². The van der Waals surface area contributed by atoms with Crippen molar-refractivity contribution in [1.29, 1.82) is 0 Å². The zero-order valence-electron chi connectivity index (χ0n) is 16.3. The van der Waals surface area contributed by atoms with Crippen LogP contribution in [0.15, 0.2) is 83.0 Å². The molecule has 0 spiro atoms. The summed E-state index contributed by atoms with van der Waals surface area (Å²) >= 11 is 0.995. The summed E-state index contributed by atoms with van der Waals surface area (Å²) in [5.74, 6) is 0. The zero-order valence-corrected chi connectivity index (χ0v) is 20.8. The van der Waals surface area contributed by atoms with Gasteiger partial charge in [0.05, 0.1) is 0 Å². The summed E-state index contributed by atoms with van der Waals surface area (Å²) in [6.07, 6.45) is 3.75. The summed E-state index contributed by atoms with van der Waals surface area (Å²) in [5.41, 5.74) is 3.97. The Morgan fingerprint density at radius 3 is 1.96 bits per heavy atom. The molecule has 0 aliphatic heterocycles. The van der Waals surface area contributed by atoms with Crippen LogP contribution in [0.25, 0.3) is 0 Å². The third-order valence-electron chi connectivity index (χ3n) is 5.79. The molecule has 1 aliphatic carbocycles. The number of fused-ring (bicyclic) bond motifs is 1. The second-order valence-corrected chi connectivity index (χ2v) is 24.6. The molecular formula is C25H25BrOSn. The van der Waals surface area contributed by atoms with Crippen molar-refractivity contribution < 1.29 is 5.11 Å². The Morgan fingerprint density at radius 2 is 1.39 bits per heavy atom. The van der Waals surface area contributed by atoms with Crippen LogP contribution in [-0.4, -0.2) is 21.3 Å². The van der Waals surface area contributed by atoms with Gasteiger partial charge >= 0.3 is 179 Å². The molecule has 0 heterocycles. The monoisotopic (exact) mass is 540 g/mol. The van der Waals surface area contributed by atoms with Gasteiger partial charge in [-0.1, -0.05) is 0 Å². The Hall–Kier alpha value is -1.36. The van der Waals surface area contributed by atoms with Crippen LogP contribution < -0.4 is 7.16 Å². The molecule has 0 aromatic heterocycles. The van der Waals surface area contributed by atoms with E-state index < -0.39 is 21.8 Å². The minimum absolute atomic E-state index is 0.750. The van der Waals surface area contributed by atoms with Crippen molar-refractivity contribution in [2.24, 2.45) is 0 Å². The Balaban J connectivity index is 1.79. The van der Waals surface area contributed by atoms with Crippen molar-refractivity contribution >= 4 is 36.0 Å². The average molecular weight is 540 g/mol. The first-order valence-corrected chi connectivity index (χ1v) is 20.7. The molecule has 1 aliphatic rings. The van der Waals surface area contributed by atoms with Crippen LogP contribution in [0.1, 0.15) is 28.7 Å². The second-order valence-electron chi connectivity index (χ2n) is 7.86. The molecule has 4 rings (SSSR count). The van der Waals surface area contributed by atoms with E-state index in [1.165, 1.54) is 23.8 Å². The second kappa shape index (κ2) is 7.81. The summed E-state index contributed by atoms with van der Waals surface area (Å²) in [7, 11) is 0. The third-order valence-corrected chi connectivity index (χ3v) is 22.2. The standard InChI is InChI=1S/C11H11O.2C7H7.BrH.Sn/c1-2-11(12)8-7-9-5-3-4-6-10(9)11;2*1-7-5-3-2-4-6-7;;/h1-6,12H,7-8H2;2*3-6H,1H3;1H;/q;;;;+1/p-1. The quantitative estimate of drug-likeness (QED) is 0.477. The van der Waals surface area contributed by atoms with Gasteiger partial charge in [0.15, 0.2) is 0 Å². The molecule has 1 N–H and O–H groups in total. The number of aliphatic hydroxyl groups is 1. The first-order valence-electron chi connectivity index (χ1n) is 9.75. The summed E-state index contributed by atoms with van der Waals surface area (Å²) in [4.78, 5) is 0. The molecule has 0 fully saturated rings. The molecule has 1 atom stereocenters. The maximum absolute atomic E-state index is 11.4. The summed E-state index contributed by atoms with van der Waals surface area (Å²) in [5, 5.41) is 11.4. The van der Waals surface area contributed by atoms with E-state index in [-0.39, 0.29) is 0 Å². The van der Waals surface area contributed by atoms with Gasteiger partial charge in [-0.3, -0.25) is 0 Å². The van der Waals surface area contributed by atoms with Crippen LogP contribution in [0.3, 0.4) is 0 Å². The van der Waals surface area contributed by atoms with Crippen molar-refractivity contribution in [1.82, 2.24) is 0 Å². The molecule has 0 amide bonds. The number of rotatable bonds is 4. The SMILES string of the molecule is Cc1cc[c]([Sn]([Br])(/[CH]=C\C2(O)CCc3ccccc32)[c]2ccc(C)cc2)cc1. The van der Waals surface area contributed by atoms with Crippen molar-refractivity contribution in [3.8, 4) is 0 Å². The summed E-state index contributed by atoms with van der Waals surface area (Å²) in [6, 6.07) is 26.0. The Bertz CT molecular complexity index is 962. The predicted molar refractivity (Wildman–Crippen MR) is 124 cm³/mol. The number of aryl methyl sites for hydroxylation is 3. The first kappa shape index (κ1) is 19.9. The van der Waals surface area contributed by atoms with E-state index in [1.807, 2.05) is 6.07 Å². The molecule has 0 bridgehead atoms. The number of benzene rings is 3. The minimum atomic E-state index is -3.24. The van der Waals surface area contributed by atoms with Crippen LogP contribution >= 0.6 is 12.7 Å².